The fraction of sp³-hybridized carbons (Fsp3) is 0.727. The van der Waals surface area contributed by atoms with Gasteiger partial charge >= 0.3 is 0 Å². The molecule has 1 saturated heterocycles. The summed E-state index contributed by atoms with van der Waals surface area (Å²) in [5.74, 6) is -0.352. The summed E-state index contributed by atoms with van der Waals surface area (Å²) in [5.41, 5.74) is 0. The molecule has 17 heavy (non-hydrogen) atoms. The van der Waals surface area contributed by atoms with Crippen molar-refractivity contribution in [3.05, 3.63) is 0 Å². The topological polar surface area (TPSA) is 82.1 Å². The molecular weight excluding hydrogens is 234 g/mol. The maximum absolute atomic E-state index is 12.1. The molecule has 5 nitrogen and oxygen atoms in total. The van der Waals surface area contributed by atoms with Crippen LogP contribution >= 0.6 is 0 Å². The van der Waals surface area contributed by atoms with Crippen LogP contribution in [0.2, 0.25) is 0 Å². The van der Waals surface area contributed by atoms with Gasteiger partial charge in [-0.05, 0) is 12.3 Å². The molecule has 0 spiro atoms. The highest BCUT2D eigenvalue weighted by Crippen LogP contribution is 2.40. The van der Waals surface area contributed by atoms with Crippen molar-refractivity contribution in [3.63, 3.8) is 0 Å². The number of hydrogen-bond donors (Lipinski definition) is 3. The Morgan fingerprint density at radius 3 is 2.59 bits per heavy atom. The Hall–Kier alpha value is -1.01. The Kier molecular flexibility index (Phi) is 3.18. The van der Waals surface area contributed by atoms with Crippen LogP contribution in [0.5, 0.6) is 0 Å². The van der Waals surface area contributed by atoms with Crippen LogP contribution in [0.15, 0.2) is 0 Å². The minimum absolute atomic E-state index is 0.0189. The lowest BCUT2D eigenvalue weighted by molar-refractivity contribution is -0.129. The van der Waals surface area contributed by atoms with Crippen LogP contribution in [0.4, 0.5) is 0 Å². The molecule has 1 aliphatic carbocycles. The lowest BCUT2D eigenvalue weighted by atomic mass is 9.91. The molecule has 1 aliphatic heterocycles. The van der Waals surface area contributed by atoms with Gasteiger partial charge in [0, 0.05) is 34.4 Å². The minimum atomic E-state index is -0.355. The molecule has 1 saturated carbocycles. The summed E-state index contributed by atoms with van der Waals surface area (Å²) >= 11 is 0. The predicted octanol–water partition coefficient (Wildman–Crippen LogP) is -1.74. The first-order chi connectivity index (χ1) is 7.98. The lowest BCUT2D eigenvalue weighted by Gasteiger charge is -2.19. The Morgan fingerprint density at radius 2 is 2.06 bits per heavy atom. The lowest BCUT2D eigenvalue weighted by Crippen LogP contribution is -2.45. The van der Waals surface area contributed by atoms with Gasteiger partial charge in [0.15, 0.2) is 5.78 Å². The van der Waals surface area contributed by atoms with Gasteiger partial charge < -0.3 is 16.0 Å². The highest BCUT2D eigenvalue weighted by atomic mass is 28.1. The Balaban J connectivity index is 1.99. The summed E-state index contributed by atoms with van der Waals surface area (Å²) in [6, 6.07) is 0. The third-order valence-corrected chi connectivity index (χ3v) is 5.77. The van der Waals surface area contributed by atoms with Gasteiger partial charge in [-0.15, -0.1) is 0 Å². The van der Waals surface area contributed by atoms with Crippen molar-refractivity contribution in [1.82, 2.24) is 10.6 Å². The van der Waals surface area contributed by atoms with Crippen molar-refractivity contribution in [2.45, 2.75) is 18.5 Å². The van der Waals surface area contributed by atoms with Crippen LogP contribution in [-0.4, -0.2) is 46.4 Å². The molecular formula is C11H19N3O2Si. The molecule has 2 aliphatic rings. The molecule has 2 rings (SSSR count). The van der Waals surface area contributed by atoms with E-state index in [4.69, 9.17) is 5.41 Å². The molecule has 0 bridgehead atoms. The monoisotopic (exact) mass is 253 g/mol. The minimum Gasteiger partial charge on any atom is -0.354 e. The molecule has 94 valence electrons. The zero-order valence-corrected chi connectivity index (χ0v) is 12.2. The van der Waals surface area contributed by atoms with Gasteiger partial charge in [0.05, 0.1) is 12.1 Å². The van der Waals surface area contributed by atoms with E-state index >= 15 is 0 Å². The number of carbonyl (C=O) groups excluding carboxylic acids is 2. The van der Waals surface area contributed by atoms with Crippen LogP contribution < -0.4 is 10.6 Å². The first-order valence-electron chi connectivity index (χ1n) is 6.05. The van der Waals surface area contributed by atoms with Gasteiger partial charge in [-0.1, -0.05) is 6.92 Å². The molecule has 2 fully saturated rings. The molecule has 0 aromatic carbocycles. The largest absolute Gasteiger partial charge is 0.354 e. The fourth-order valence-corrected chi connectivity index (χ4v) is 3.34. The number of amides is 1. The molecule has 0 aromatic heterocycles. The molecule has 1 heterocycles. The van der Waals surface area contributed by atoms with Gasteiger partial charge in [-0.2, -0.15) is 0 Å². The third-order valence-electron chi connectivity index (χ3n) is 4.13. The SMILES string of the molecule is C[C@H]1C[C@]1([SiH3])NC(=O)[C@@H]1CNC[C@H]1C(=O)C=N. The maximum atomic E-state index is 12.1. The predicted molar refractivity (Wildman–Crippen MR) is 68.2 cm³/mol. The number of Topliss-reactive ketones (excluding diaryl/α,β-unsaturated/α-hetero) is 1. The van der Waals surface area contributed by atoms with E-state index in [1.165, 1.54) is 0 Å². The highest BCUT2D eigenvalue weighted by Gasteiger charge is 2.49. The number of nitrogens with one attached hydrogen (secondary N) is 3. The second-order valence-electron chi connectivity index (χ2n) is 5.43. The quantitative estimate of drug-likeness (QED) is 0.411. The molecule has 6 heteroatoms. The first kappa shape index (κ1) is 12.4. The number of ketones is 1. The average Bonchev–Trinajstić information content (AvgIpc) is 2.72. The van der Waals surface area contributed by atoms with E-state index in [0.717, 1.165) is 22.9 Å². The molecule has 3 N–H and O–H groups in total. The number of hydrogen-bond acceptors (Lipinski definition) is 4. The standard InChI is InChI=1S/C11H19N3O2Si/c1-6-2-11(6,17)14-10(16)8-5-13-4-7(8)9(15)3-12/h3,6-8,12-13H,2,4-5H2,1,17H3,(H,14,16)/t6-,7+,8+,11+/m0/s1. The van der Waals surface area contributed by atoms with E-state index in [1.807, 2.05) is 0 Å². The van der Waals surface area contributed by atoms with E-state index in [2.05, 4.69) is 17.6 Å². The van der Waals surface area contributed by atoms with Crippen LogP contribution in [0.3, 0.4) is 0 Å². The Labute approximate surface area is 104 Å². The molecule has 0 aromatic rings. The smallest absolute Gasteiger partial charge is 0.225 e. The summed E-state index contributed by atoms with van der Waals surface area (Å²) in [4.78, 5) is 23.6. The van der Waals surface area contributed by atoms with Crippen LogP contribution in [0.25, 0.3) is 0 Å². The van der Waals surface area contributed by atoms with Crippen molar-refractivity contribution >= 4 is 28.1 Å². The number of rotatable bonds is 4. The summed E-state index contributed by atoms with van der Waals surface area (Å²) in [5, 5.41) is 13.2. The Bertz CT molecular complexity index is 374. The maximum Gasteiger partial charge on any atom is 0.225 e. The highest BCUT2D eigenvalue weighted by molar-refractivity contribution is 6.28. The van der Waals surface area contributed by atoms with E-state index < -0.39 is 0 Å². The molecule has 0 unspecified atom stereocenters. The van der Waals surface area contributed by atoms with Crippen LogP contribution in [-0.2, 0) is 9.59 Å². The van der Waals surface area contributed by atoms with Gasteiger partial charge in [0.2, 0.25) is 5.91 Å². The third kappa shape index (κ3) is 2.32. The van der Waals surface area contributed by atoms with Crippen molar-refractivity contribution in [3.8, 4) is 0 Å². The fourth-order valence-electron chi connectivity index (χ4n) is 2.49. The molecule has 0 radical (unpaired) electrons. The van der Waals surface area contributed by atoms with Crippen molar-refractivity contribution in [2.24, 2.45) is 17.8 Å². The summed E-state index contributed by atoms with van der Waals surface area (Å²) in [6.45, 7) is 3.19. The van der Waals surface area contributed by atoms with E-state index in [1.54, 1.807) is 0 Å². The van der Waals surface area contributed by atoms with Gasteiger partial charge in [0.1, 0.15) is 0 Å². The van der Waals surface area contributed by atoms with E-state index in [0.29, 0.717) is 19.0 Å². The average molecular weight is 253 g/mol. The first-order valence-corrected chi connectivity index (χ1v) is 7.05. The van der Waals surface area contributed by atoms with Crippen LogP contribution in [0, 0.1) is 23.2 Å². The van der Waals surface area contributed by atoms with Crippen molar-refractivity contribution < 1.29 is 9.59 Å². The summed E-state index contributed by atoms with van der Waals surface area (Å²) in [7, 11) is 0.951. The normalized spacial score (nSPS) is 39.9. The van der Waals surface area contributed by atoms with Gasteiger partial charge in [0.25, 0.3) is 0 Å². The zero-order chi connectivity index (χ0) is 12.6. The van der Waals surface area contributed by atoms with Crippen molar-refractivity contribution in [2.75, 3.05) is 13.1 Å². The van der Waals surface area contributed by atoms with Gasteiger partial charge in [-0.25, -0.2) is 0 Å². The second-order valence-corrected chi connectivity index (χ2v) is 7.21. The molecule has 1 amide bonds. The van der Waals surface area contributed by atoms with E-state index in [-0.39, 0.29) is 28.7 Å². The summed E-state index contributed by atoms with van der Waals surface area (Å²) in [6.07, 6.45) is 1.89. The van der Waals surface area contributed by atoms with Gasteiger partial charge in [-0.3, -0.25) is 9.59 Å². The number of carbonyl (C=O) groups is 2. The second kappa shape index (κ2) is 4.34. The van der Waals surface area contributed by atoms with E-state index in [9.17, 15) is 9.59 Å². The van der Waals surface area contributed by atoms with Crippen LogP contribution in [0.1, 0.15) is 13.3 Å². The Morgan fingerprint density at radius 1 is 1.47 bits per heavy atom. The zero-order valence-electron chi connectivity index (χ0n) is 10.2. The molecule has 4 atom stereocenters. The summed E-state index contributed by atoms with van der Waals surface area (Å²) < 4.78 is 0. The van der Waals surface area contributed by atoms with Crippen molar-refractivity contribution in [1.29, 1.82) is 5.41 Å².